The number of hydrogen-bond acceptors (Lipinski definition) is 1. The zero-order valence-electron chi connectivity index (χ0n) is 8.67. The summed E-state index contributed by atoms with van der Waals surface area (Å²) in [6.45, 7) is 6.63. The van der Waals surface area contributed by atoms with Crippen LogP contribution in [0.2, 0.25) is 0 Å². The molecule has 2 atom stereocenters. The molecule has 0 saturated carbocycles. The van der Waals surface area contributed by atoms with Gasteiger partial charge < -0.3 is 5.11 Å². The predicted molar refractivity (Wildman–Crippen MR) is 55.1 cm³/mol. The van der Waals surface area contributed by atoms with Crippen LogP contribution in [0, 0.1) is 23.7 Å². The Hall–Kier alpha value is -0.740. The normalized spacial score (nSPS) is 34.2. The van der Waals surface area contributed by atoms with E-state index in [0.717, 1.165) is 6.42 Å². The highest BCUT2D eigenvalue weighted by atomic mass is 16.3. The molecule has 0 amide bonds. The number of terminal acetylenes is 1. The maximum atomic E-state index is 9.74. The molecule has 1 nitrogen and oxygen atoms in total. The van der Waals surface area contributed by atoms with Gasteiger partial charge in [0.05, 0.1) is 0 Å². The van der Waals surface area contributed by atoms with Crippen LogP contribution in [0.4, 0.5) is 0 Å². The van der Waals surface area contributed by atoms with Crippen LogP contribution >= 0.6 is 0 Å². The Balaban J connectivity index is 2.75. The van der Waals surface area contributed by atoms with Crippen molar-refractivity contribution >= 4 is 0 Å². The molecule has 0 saturated heterocycles. The molecule has 72 valence electrons. The van der Waals surface area contributed by atoms with Crippen molar-refractivity contribution in [2.45, 2.75) is 39.2 Å². The molecule has 0 aromatic carbocycles. The SMILES string of the molecule is C#CC1(O)C=CC(C(C)(C)C)CC1. The van der Waals surface area contributed by atoms with Gasteiger partial charge in [-0.05, 0) is 30.3 Å². The van der Waals surface area contributed by atoms with Crippen LogP contribution in [0.3, 0.4) is 0 Å². The molecule has 1 heteroatoms. The first kappa shape index (κ1) is 10.3. The first-order valence-corrected chi connectivity index (χ1v) is 4.77. The van der Waals surface area contributed by atoms with E-state index in [2.05, 4.69) is 32.8 Å². The van der Waals surface area contributed by atoms with Gasteiger partial charge in [-0.25, -0.2) is 0 Å². The summed E-state index contributed by atoms with van der Waals surface area (Å²) in [5.74, 6) is 2.95. The maximum absolute atomic E-state index is 9.74. The summed E-state index contributed by atoms with van der Waals surface area (Å²) in [7, 11) is 0. The number of hydrogen-bond donors (Lipinski definition) is 1. The van der Waals surface area contributed by atoms with Crippen LogP contribution in [0.5, 0.6) is 0 Å². The van der Waals surface area contributed by atoms with Crippen LogP contribution < -0.4 is 0 Å². The number of rotatable bonds is 0. The van der Waals surface area contributed by atoms with Crippen LogP contribution in [0.25, 0.3) is 0 Å². The fourth-order valence-corrected chi connectivity index (χ4v) is 1.67. The first-order valence-electron chi connectivity index (χ1n) is 4.77. The molecule has 2 unspecified atom stereocenters. The van der Waals surface area contributed by atoms with Gasteiger partial charge in [-0.2, -0.15) is 0 Å². The van der Waals surface area contributed by atoms with E-state index in [4.69, 9.17) is 6.42 Å². The zero-order chi connectivity index (χ0) is 10.1. The molecular formula is C12H18O. The van der Waals surface area contributed by atoms with E-state index in [0.29, 0.717) is 12.3 Å². The van der Waals surface area contributed by atoms with E-state index < -0.39 is 5.60 Å². The standard InChI is InChI=1S/C12H18O/c1-5-12(13)8-6-10(7-9-12)11(2,3)4/h1,6,8,10,13H,7,9H2,2-4H3. The summed E-state index contributed by atoms with van der Waals surface area (Å²) in [6.07, 6.45) is 10.7. The summed E-state index contributed by atoms with van der Waals surface area (Å²) in [5.41, 5.74) is -0.714. The van der Waals surface area contributed by atoms with Crippen molar-refractivity contribution in [1.82, 2.24) is 0 Å². The lowest BCUT2D eigenvalue weighted by Gasteiger charge is -2.34. The van der Waals surface area contributed by atoms with Crippen molar-refractivity contribution in [1.29, 1.82) is 0 Å². The van der Waals surface area contributed by atoms with Gasteiger partial charge in [-0.1, -0.05) is 32.8 Å². The van der Waals surface area contributed by atoms with Crippen molar-refractivity contribution < 1.29 is 5.11 Å². The molecule has 1 aliphatic rings. The molecule has 0 bridgehead atoms. The van der Waals surface area contributed by atoms with Gasteiger partial charge in [0.15, 0.2) is 0 Å². The minimum Gasteiger partial charge on any atom is -0.374 e. The summed E-state index contributed by atoms with van der Waals surface area (Å²) in [4.78, 5) is 0. The molecule has 0 aromatic heterocycles. The summed E-state index contributed by atoms with van der Waals surface area (Å²) in [6, 6.07) is 0. The largest absolute Gasteiger partial charge is 0.374 e. The minimum atomic E-state index is -0.984. The molecule has 0 radical (unpaired) electrons. The molecule has 1 N–H and O–H groups in total. The fraction of sp³-hybridized carbons (Fsp3) is 0.667. The van der Waals surface area contributed by atoms with E-state index in [1.54, 1.807) is 6.08 Å². The van der Waals surface area contributed by atoms with E-state index >= 15 is 0 Å². The lowest BCUT2D eigenvalue weighted by atomic mass is 9.73. The van der Waals surface area contributed by atoms with Crippen molar-refractivity contribution in [2.75, 3.05) is 0 Å². The summed E-state index contributed by atoms with van der Waals surface area (Å²) < 4.78 is 0. The Kier molecular flexibility index (Phi) is 2.54. The highest BCUT2D eigenvalue weighted by Crippen LogP contribution is 2.36. The third-order valence-electron chi connectivity index (χ3n) is 2.80. The Bertz CT molecular complexity index is 251. The van der Waals surface area contributed by atoms with Crippen LogP contribution in [-0.2, 0) is 0 Å². The lowest BCUT2D eigenvalue weighted by Crippen LogP contribution is -2.31. The second-order valence-corrected chi connectivity index (χ2v) is 4.94. The summed E-state index contributed by atoms with van der Waals surface area (Å²) in [5, 5.41) is 9.74. The van der Waals surface area contributed by atoms with Gasteiger partial charge in [0.2, 0.25) is 0 Å². The van der Waals surface area contributed by atoms with Gasteiger partial charge in [-0.15, -0.1) is 6.42 Å². The van der Waals surface area contributed by atoms with Crippen LogP contribution in [0.1, 0.15) is 33.6 Å². The third-order valence-corrected chi connectivity index (χ3v) is 2.80. The molecule has 13 heavy (non-hydrogen) atoms. The fourth-order valence-electron chi connectivity index (χ4n) is 1.67. The highest BCUT2D eigenvalue weighted by molar-refractivity contribution is 5.22. The van der Waals surface area contributed by atoms with Crippen molar-refractivity contribution in [3.05, 3.63) is 12.2 Å². The quantitative estimate of drug-likeness (QED) is 0.446. The van der Waals surface area contributed by atoms with Crippen molar-refractivity contribution in [3.63, 3.8) is 0 Å². The van der Waals surface area contributed by atoms with E-state index in [1.807, 2.05) is 0 Å². The van der Waals surface area contributed by atoms with Gasteiger partial charge in [0.1, 0.15) is 5.60 Å². The Labute approximate surface area is 80.9 Å². The average Bonchev–Trinajstić information content (AvgIpc) is 2.04. The van der Waals surface area contributed by atoms with Crippen LogP contribution in [-0.4, -0.2) is 10.7 Å². The topological polar surface area (TPSA) is 20.2 Å². The molecular weight excluding hydrogens is 160 g/mol. The highest BCUT2D eigenvalue weighted by Gasteiger charge is 2.31. The van der Waals surface area contributed by atoms with Crippen molar-refractivity contribution in [3.8, 4) is 12.3 Å². The minimum absolute atomic E-state index is 0.270. The molecule has 0 fully saturated rings. The maximum Gasteiger partial charge on any atom is 0.143 e. The van der Waals surface area contributed by atoms with E-state index in [-0.39, 0.29) is 5.41 Å². The van der Waals surface area contributed by atoms with Gasteiger partial charge in [0, 0.05) is 0 Å². The summed E-state index contributed by atoms with van der Waals surface area (Å²) >= 11 is 0. The monoisotopic (exact) mass is 178 g/mol. The second kappa shape index (κ2) is 3.20. The van der Waals surface area contributed by atoms with E-state index in [9.17, 15) is 5.11 Å². The van der Waals surface area contributed by atoms with E-state index in [1.165, 1.54) is 0 Å². The number of aliphatic hydroxyl groups is 1. The second-order valence-electron chi connectivity index (χ2n) is 4.94. The molecule has 0 aromatic rings. The Morgan fingerprint density at radius 2 is 2.15 bits per heavy atom. The molecule has 0 aliphatic heterocycles. The van der Waals surface area contributed by atoms with Crippen molar-refractivity contribution in [2.24, 2.45) is 11.3 Å². The number of allylic oxidation sites excluding steroid dienone is 1. The van der Waals surface area contributed by atoms with Gasteiger partial charge in [-0.3, -0.25) is 0 Å². The van der Waals surface area contributed by atoms with Gasteiger partial charge >= 0.3 is 0 Å². The molecule has 0 heterocycles. The molecule has 1 rings (SSSR count). The molecule has 1 aliphatic carbocycles. The Morgan fingerprint density at radius 3 is 2.46 bits per heavy atom. The smallest absolute Gasteiger partial charge is 0.143 e. The van der Waals surface area contributed by atoms with Gasteiger partial charge in [0.25, 0.3) is 0 Å². The molecule has 0 spiro atoms. The predicted octanol–water partition coefficient (Wildman–Crippen LogP) is 2.36. The average molecular weight is 178 g/mol. The zero-order valence-corrected chi connectivity index (χ0v) is 8.67. The first-order chi connectivity index (χ1) is 5.87. The Morgan fingerprint density at radius 1 is 1.54 bits per heavy atom. The van der Waals surface area contributed by atoms with Crippen LogP contribution in [0.15, 0.2) is 12.2 Å². The third kappa shape index (κ3) is 2.35. The lowest BCUT2D eigenvalue weighted by molar-refractivity contribution is 0.112.